The number of thioether (sulfide) groups is 1. The summed E-state index contributed by atoms with van der Waals surface area (Å²) in [4.78, 5) is 10.9. The molecule has 15 heavy (non-hydrogen) atoms. The normalized spacial score (nSPS) is 17.7. The van der Waals surface area contributed by atoms with Crippen molar-refractivity contribution in [2.24, 2.45) is 12.8 Å². The molecule has 1 amide bonds. The van der Waals surface area contributed by atoms with Crippen molar-refractivity contribution in [1.82, 2.24) is 14.8 Å². The zero-order valence-corrected chi connectivity index (χ0v) is 9.62. The Morgan fingerprint density at radius 2 is 2.27 bits per heavy atom. The molecule has 0 saturated heterocycles. The van der Waals surface area contributed by atoms with Crippen LogP contribution in [0.25, 0.3) is 0 Å². The standard InChI is InChI=1S/C9H14N4OS/c1-5(7(10)14)15-9-12-11-8(13(9)2)6-3-4-6/h5-6H,3-4H2,1-2H3,(H2,10,14)/t5-/m1/s1. The zero-order chi connectivity index (χ0) is 11.0. The second-order valence-corrected chi connectivity index (χ2v) is 5.14. The first kappa shape index (κ1) is 10.5. The quantitative estimate of drug-likeness (QED) is 0.765. The van der Waals surface area contributed by atoms with Crippen LogP contribution in [-0.2, 0) is 11.8 Å². The van der Waals surface area contributed by atoms with Crippen LogP contribution in [0.5, 0.6) is 0 Å². The molecule has 0 aromatic carbocycles. The molecule has 1 atom stereocenters. The van der Waals surface area contributed by atoms with Crippen LogP contribution in [0.1, 0.15) is 31.5 Å². The molecular weight excluding hydrogens is 212 g/mol. The summed E-state index contributed by atoms with van der Waals surface area (Å²) in [5.74, 6) is 1.27. The molecule has 0 radical (unpaired) electrons. The van der Waals surface area contributed by atoms with E-state index in [9.17, 15) is 4.79 Å². The monoisotopic (exact) mass is 226 g/mol. The number of nitrogens with two attached hydrogens (primary N) is 1. The van der Waals surface area contributed by atoms with E-state index in [4.69, 9.17) is 5.73 Å². The minimum absolute atomic E-state index is 0.264. The average Bonchev–Trinajstić information content (AvgIpc) is 2.95. The predicted octanol–water partition coefficient (Wildman–Crippen LogP) is 0.658. The van der Waals surface area contributed by atoms with E-state index < -0.39 is 0 Å². The summed E-state index contributed by atoms with van der Waals surface area (Å²) in [6, 6.07) is 0. The van der Waals surface area contributed by atoms with E-state index in [1.807, 2.05) is 11.6 Å². The minimum atomic E-state index is -0.323. The fourth-order valence-electron chi connectivity index (χ4n) is 1.34. The van der Waals surface area contributed by atoms with Crippen LogP contribution in [0.2, 0.25) is 0 Å². The van der Waals surface area contributed by atoms with E-state index in [2.05, 4.69) is 10.2 Å². The van der Waals surface area contributed by atoms with E-state index in [1.54, 1.807) is 6.92 Å². The Labute approximate surface area is 92.4 Å². The number of carbonyl (C=O) groups excluding carboxylic acids is 1. The third-order valence-corrected chi connectivity index (χ3v) is 3.65. The van der Waals surface area contributed by atoms with Crippen LogP contribution in [0, 0.1) is 0 Å². The molecule has 5 nitrogen and oxygen atoms in total. The molecule has 82 valence electrons. The van der Waals surface area contributed by atoms with Crippen LogP contribution in [0.3, 0.4) is 0 Å². The van der Waals surface area contributed by atoms with Crippen LogP contribution in [0.15, 0.2) is 5.16 Å². The highest BCUT2D eigenvalue weighted by molar-refractivity contribution is 8.00. The second kappa shape index (κ2) is 3.84. The molecule has 0 unspecified atom stereocenters. The average molecular weight is 226 g/mol. The first-order valence-corrected chi connectivity index (χ1v) is 5.83. The lowest BCUT2D eigenvalue weighted by atomic mass is 10.4. The first-order valence-electron chi connectivity index (χ1n) is 4.95. The van der Waals surface area contributed by atoms with Crippen molar-refractivity contribution >= 4 is 17.7 Å². The summed E-state index contributed by atoms with van der Waals surface area (Å²) in [5.41, 5.74) is 5.20. The van der Waals surface area contributed by atoms with E-state index in [-0.39, 0.29) is 11.2 Å². The van der Waals surface area contributed by atoms with E-state index >= 15 is 0 Å². The molecule has 0 spiro atoms. The zero-order valence-electron chi connectivity index (χ0n) is 8.80. The van der Waals surface area contributed by atoms with Crippen molar-refractivity contribution in [3.05, 3.63) is 5.82 Å². The Kier molecular flexibility index (Phi) is 2.68. The van der Waals surface area contributed by atoms with E-state index in [1.165, 1.54) is 24.6 Å². The molecule has 1 fully saturated rings. The van der Waals surface area contributed by atoms with Crippen molar-refractivity contribution in [3.8, 4) is 0 Å². The number of hydrogen-bond donors (Lipinski definition) is 1. The van der Waals surface area contributed by atoms with Crippen molar-refractivity contribution in [3.63, 3.8) is 0 Å². The summed E-state index contributed by atoms with van der Waals surface area (Å²) >= 11 is 1.36. The van der Waals surface area contributed by atoms with Crippen molar-refractivity contribution in [2.45, 2.75) is 36.1 Å². The molecule has 1 aromatic rings. The van der Waals surface area contributed by atoms with Gasteiger partial charge in [-0.1, -0.05) is 11.8 Å². The molecular formula is C9H14N4OS. The van der Waals surface area contributed by atoms with Crippen LogP contribution >= 0.6 is 11.8 Å². The second-order valence-electron chi connectivity index (χ2n) is 3.84. The largest absolute Gasteiger partial charge is 0.369 e. The fraction of sp³-hybridized carbons (Fsp3) is 0.667. The van der Waals surface area contributed by atoms with Gasteiger partial charge in [-0.05, 0) is 19.8 Å². The summed E-state index contributed by atoms with van der Waals surface area (Å²) in [5, 5.41) is 8.70. The van der Waals surface area contributed by atoms with Gasteiger partial charge in [0.25, 0.3) is 0 Å². The number of amides is 1. The smallest absolute Gasteiger partial charge is 0.230 e. The number of rotatable bonds is 4. The molecule has 1 heterocycles. The highest BCUT2D eigenvalue weighted by Gasteiger charge is 2.29. The van der Waals surface area contributed by atoms with Crippen molar-refractivity contribution < 1.29 is 4.79 Å². The third kappa shape index (κ3) is 2.14. The van der Waals surface area contributed by atoms with Crippen LogP contribution < -0.4 is 5.73 Å². The lowest BCUT2D eigenvalue weighted by molar-refractivity contribution is -0.117. The van der Waals surface area contributed by atoms with Crippen molar-refractivity contribution in [2.75, 3.05) is 0 Å². The highest BCUT2D eigenvalue weighted by atomic mass is 32.2. The maximum absolute atomic E-state index is 10.9. The lowest BCUT2D eigenvalue weighted by Gasteiger charge is -2.06. The van der Waals surface area contributed by atoms with Gasteiger partial charge < -0.3 is 10.3 Å². The van der Waals surface area contributed by atoms with Gasteiger partial charge in [0.1, 0.15) is 5.82 Å². The van der Waals surface area contributed by atoms with Gasteiger partial charge in [-0.3, -0.25) is 4.79 Å². The highest BCUT2D eigenvalue weighted by Crippen LogP contribution is 2.39. The Bertz CT molecular complexity index is 385. The molecule has 0 bridgehead atoms. The Hall–Kier alpha value is -1.04. The van der Waals surface area contributed by atoms with Gasteiger partial charge in [0.05, 0.1) is 5.25 Å². The summed E-state index contributed by atoms with van der Waals surface area (Å²) in [7, 11) is 1.93. The Morgan fingerprint density at radius 1 is 1.60 bits per heavy atom. The maximum atomic E-state index is 10.9. The topological polar surface area (TPSA) is 73.8 Å². The molecule has 6 heteroatoms. The molecule has 1 aliphatic rings. The molecule has 2 rings (SSSR count). The summed E-state index contributed by atoms with van der Waals surface area (Å²) in [6.45, 7) is 1.78. The summed E-state index contributed by atoms with van der Waals surface area (Å²) in [6.07, 6.45) is 2.39. The summed E-state index contributed by atoms with van der Waals surface area (Å²) < 4.78 is 1.96. The number of primary amides is 1. The van der Waals surface area contributed by atoms with Gasteiger partial charge in [-0.15, -0.1) is 10.2 Å². The third-order valence-electron chi connectivity index (χ3n) is 2.49. The van der Waals surface area contributed by atoms with Gasteiger partial charge in [-0.2, -0.15) is 0 Å². The Balaban J connectivity index is 2.11. The number of aromatic nitrogens is 3. The van der Waals surface area contributed by atoms with Gasteiger partial charge >= 0.3 is 0 Å². The predicted molar refractivity (Wildman–Crippen MR) is 57.5 cm³/mol. The van der Waals surface area contributed by atoms with Gasteiger partial charge in [0.15, 0.2) is 5.16 Å². The minimum Gasteiger partial charge on any atom is -0.369 e. The van der Waals surface area contributed by atoms with Crippen LogP contribution in [-0.4, -0.2) is 25.9 Å². The molecule has 1 aromatic heterocycles. The van der Waals surface area contributed by atoms with Crippen molar-refractivity contribution in [1.29, 1.82) is 0 Å². The number of nitrogens with zero attached hydrogens (tertiary/aromatic N) is 3. The Morgan fingerprint density at radius 3 is 2.80 bits per heavy atom. The fourth-order valence-corrected chi connectivity index (χ4v) is 2.11. The van der Waals surface area contributed by atoms with E-state index in [0.29, 0.717) is 5.92 Å². The van der Waals surface area contributed by atoms with Gasteiger partial charge in [-0.25, -0.2) is 0 Å². The molecule has 2 N–H and O–H groups in total. The molecule has 1 saturated carbocycles. The van der Waals surface area contributed by atoms with Gasteiger partial charge in [0.2, 0.25) is 5.91 Å². The van der Waals surface area contributed by atoms with Crippen LogP contribution in [0.4, 0.5) is 0 Å². The van der Waals surface area contributed by atoms with Gasteiger partial charge in [0, 0.05) is 13.0 Å². The molecule has 1 aliphatic carbocycles. The SMILES string of the molecule is C[C@@H](Sc1nnc(C2CC2)n1C)C(N)=O. The molecule has 0 aliphatic heterocycles. The maximum Gasteiger partial charge on any atom is 0.230 e. The number of carbonyl (C=O) groups is 1. The number of hydrogen-bond acceptors (Lipinski definition) is 4. The van der Waals surface area contributed by atoms with E-state index in [0.717, 1.165) is 11.0 Å². The first-order chi connectivity index (χ1) is 7.09. The lowest BCUT2D eigenvalue weighted by Crippen LogP contribution is -2.23.